The maximum absolute atomic E-state index is 13.4. The summed E-state index contributed by atoms with van der Waals surface area (Å²) in [6.07, 6.45) is 4.58. The number of hydrogen-bond donors (Lipinski definition) is 0. The van der Waals surface area contributed by atoms with Crippen molar-refractivity contribution in [3.05, 3.63) is 52.5 Å². The van der Waals surface area contributed by atoms with Crippen molar-refractivity contribution >= 4 is 17.3 Å². The second-order valence-corrected chi connectivity index (χ2v) is 9.59. The van der Waals surface area contributed by atoms with Crippen LogP contribution in [0.25, 0.3) is 0 Å². The molecule has 4 rings (SSSR count). The van der Waals surface area contributed by atoms with Crippen LogP contribution in [0.1, 0.15) is 39.0 Å². The van der Waals surface area contributed by atoms with E-state index in [-0.39, 0.29) is 19.6 Å². The number of nitrogens with zero attached hydrogens (tertiary/aromatic N) is 1. The lowest BCUT2D eigenvalue weighted by molar-refractivity contribution is -0.226. The topological polar surface area (TPSA) is 76.1 Å². The van der Waals surface area contributed by atoms with Gasteiger partial charge in [-0.3, -0.25) is 0 Å². The molecular formula is C25H29NO6S. The highest BCUT2D eigenvalue weighted by Gasteiger charge is 2.61. The standard InChI is InChI=1S/C25H29NO6S/c1-6-24(5)19(30-21-20(24)31-23(3,4)32-21)14-29-25(22(27)28-7-2,18-15-33-16-26-18)13-17-11-9-8-10-12-17/h1,8-12,15-16,19-21H,7,13-14H2,2-5H3/t19-,20+,21-,24+,25?/m1/s1. The van der Waals surface area contributed by atoms with Crippen LogP contribution in [-0.4, -0.2) is 48.5 Å². The van der Waals surface area contributed by atoms with Gasteiger partial charge in [0.25, 0.3) is 0 Å². The summed E-state index contributed by atoms with van der Waals surface area (Å²) in [5.74, 6) is 1.54. The van der Waals surface area contributed by atoms with Gasteiger partial charge in [0.2, 0.25) is 5.60 Å². The molecule has 2 aliphatic heterocycles. The normalized spacial score (nSPS) is 29.7. The number of esters is 1. The van der Waals surface area contributed by atoms with E-state index in [0.717, 1.165) is 5.56 Å². The fourth-order valence-corrected chi connectivity index (χ4v) is 4.94. The monoisotopic (exact) mass is 471 g/mol. The lowest BCUT2D eigenvalue weighted by atomic mass is 9.81. The van der Waals surface area contributed by atoms with Crippen molar-refractivity contribution in [2.45, 2.75) is 64.0 Å². The highest BCUT2D eigenvalue weighted by Crippen LogP contribution is 2.48. The number of carbonyl (C=O) groups is 1. The fourth-order valence-electron chi connectivity index (χ4n) is 4.32. The van der Waals surface area contributed by atoms with Crippen molar-refractivity contribution in [1.82, 2.24) is 4.98 Å². The molecule has 1 aromatic carbocycles. The molecule has 0 radical (unpaired) electrons. The van der Waals surface area contributed by atoms with Crippen LogP contribution in [0.2, 0.25) is 0 Å². The number of aromatic nitrogens is 1. The predicted molar refractivity (Wildman–Crippen MR) is 122 cm³/mol. The number of ether oxygens (including phenoxy) is 5. The first-order chi connectivity index (χ1) is 15.7. The van der Waals surface area contributed by atoms with Crippen molar-refractivity contribution in [3.63, 3.8) is 0 Å². The van der Waals surface area contributed by atoms with Gasteiger partial charge >= 0.3 is 5.97 Å². The Kier molecular flexibility index (Phi) is 6.63. The summed E-state index contributed by atoms with van der Waals surface area (Å²) in [5, 5.41) is 1.80. The van der Waals surface area contributed by atoms with Gasteiger partial charge in [-0.1, -0.05) is 36.3 Å². The van der Waals surface area contributed by atoms with E-state index in [1.807, 2.05) is 51.1 Å². The molecule has 33 heavy (non-hydrogen) atoms. The highest BCUT2D eigenvalue weighted by atomic mass is 32.1. The van der Waals surface area contributed by atoms with Gasteiger partial charge in [-0.25, -0.2) is 9.78 Å². The van der Waals surface area contributed by atoms with Gasteiger partial charge in [-0.15, -0.1) is 17.8 Å². The number of benzene rings is 1. The molecule has 8 heteroatoms. The molecule has 2 saturated heterocycles. The van der Waals surface area contributed by atoms with Crippen molar-refractivity contribution in [2.75, 3.05) is 13.2 Å². The molecule has 1 aromatic heterocycles. The third-order valence-electron chi connectivity index (χ3n) is 6.16. The molecule has 2 aromatic rings. The molecule has 0 saturated carbocycles. The molecule has 0 spiro atoms. The third kappa shape index (κ3) is 4.44. The quantitative estimate of drug-likeness (QED) is 0.429. The van der Waals surface area contributed by atoms with Gasteiger partial charge in [0, 0.05) is 11.8 Å². The lowest BCUT2D eigenvalue weighted by Crippen LogP contribution is -2.47. The van der Waals surface area contributed by atoms with Gasteiger partial charge in [0.1, 0.15) is 12.2 Å². The summed E-state index contributed by atoms with van der Waals surface area (Å²) >= 11 is 1.39. The number of thiazole rings is 1. The van der Waals surface area contributed by atoms with E-state index in [2.05, 4.69) is 10.9 Å². The predicted octanol–water partition coefficient (Wildman–Crippen LogP) is 3.68. The summed E-state index contributed by atoms with van der Waals surface area (Å²) < 4.78 is 30.0. The van der Waals surface area contributed by atoms with Crippen molar-refractivity contribution < 1.29 is 28.5 Å². The Labute approximate surface area is 198 Å². The average molecular weight is 472 g/mol. The maximum atomic E-state index is 13.4. The Morgan fingerprint density at radius 2 is 2.03 bits per heavy atom. The molecule has 0 bridgehead atoms. The number of rotatable bonds is 8. The summed E-state index contributed by atoms with van der Waals surface area (Å²) in [6, 6.07) is 9.63. The second-order valence-electron chi connectivity index (χ2n) is 8.87. The molecule has 3 heterocycles. The molecule has 0 aliphatic carbocycles. The molecule has 0 amide bonds. The third-order valence-corrected chi connectivity index (χ3v) is 6.74. The summed E-state index contributed by atoms with van der Waals surface area (Å²) in [7, 11) is 0. The Morgan fingerprint density at radius 1 is 1.27 bits per heavy atom. The first-order valence-electron chi connectivity index (χ1n) is 11.0. The average Bonchev–Trinajstić information content (AvgIpc) is 3.49. The minimum atomic E-state index is -1.45. The van der Waals surface area contributed by atoms with E-state index in [0.29, 0.717) is 5.69 Å². The van der Waals surface area contributed by atoms with E-state index in [1.165, 1.54) is 11.3 Å². The lowest BCUT2D eigenvalue weighted by Gasteiger charge is -2.35. The van der Waals surface area contributed by atoms with Crippen molar-refractivity contribution in [2.24, 2.45) is 5.41 Å². The minimum absolute atomic E-state index is 0.0318. The van der Waals surface area contributed by atoms with E-state index in [1.54, 1.807) is 17.8 Å². The van der Waals surface area contributed by atoms with Crippen LogP contribution < -0.4 is 0 Å². The second kappa shape index (κ2) is 9.16. The largest absolute Gasteiger partial charge is 0.464 e. The van der Waals surface area contributed by atoms with E-state index in [4.69, 9.17) is 30.1 Å². The van der Waals surface area contributed by atoms with Crippen molar-refractivity contribution in [3.8, 4) is 12.3 Å². The summed E-state index contributed by atoms with van der Waals surface area (Å²) in [6.45, 7) is 7.55. The zero-order valence-electron chi connectivity index (χ0n) is 19.3. The Bertz CT molecular complexity index is 1000. The molecule has 0 N–H and O–H groups in total. The van der Waals surface area contributed by atoms with Crippen LogP contribution in [0.4, 0.5) is 0 Å². The van der Waals surface area contributed by atoms with Gasteiger partial charge in [0.15, 0.2) is 12.1 Å². The van der Waals surface area contributed by atoms with Crippen molar-refractivity contribution in [1.29, 1.82) is 0 Å². The summed E-state index contributed by atoms with van der Waals surface area (Å²) in [4.78, 5) is 17.8. The Balaban J connectivity index is 1.65. The van der Waals surface area contributed by atoms with Crippen LogP contribution in [0.15, 0.2) is 41.2 Å². The van der Waals surface area contributed by atoms with E-state index >= 15 is 0 Å². The van der Waals surface area contributed by atoms with Gasteiger partial charge in [0.05, 0.1) is 29.8 Å². The molecular weight excluding hydrogens is 442 g/mol. The Morgan fingerprint density at radius 3 is 2.67 bits per heavy atom. The molecule has 176 valence electrons. The van der Waals surface area contributed by atoms with E-state index < -0.39 is 41.3 Å². The zero-order valence-corrected chi connectivity index (χ0v) is 20.1. The number of terminal acetylenes is 1. The van der Waals surface area contributed by atoms with Crippen LogP contribution in [0.5, 0.6) is 0 Å². The van der Waals surface area contributed by atoms with E-state index in [9.17, 15) is 4.79 Å². The molecule has 2 aliphatic rings. The van der Waals surface area contributed by atoms with Crippen LogP contribution in [0.3, 0.4) is 0 Å². The minimum Gasteiger partial charge on any atom is -0.464 e. The first-order valence-corrected chi connectivity index (χ1v) is 11.9. The van der Waals surface area contributed by atoms with Gasteiger partial charge in [-0.05, 0) is 33.3 Å². The maximum Gasteiger partial charge on any atom is 0.345 e. The molecule has 2 fully saturated rings. The van der Waals surface area contributed by atoms with Crippen LogP contribution >= 0.6 is 11.3 Å². The number of carbonyl (C=O) groups excluding carboxylic acids is 1. The SMILES string of the molecule is C#C[C@@]1(C)[C@@H](COC(Cc2ccccc2)(C(=O)OCC)c2cscn2)O[C@@H]2OC(C)(C)O[C@@H]21. The van der Waals surface area contributed by atoms with Gasteiger partial charge < -0.3 is 23.7 Å². The van der Waals surface area contributed by atoms with Crippen LogP contribution in [-0.2, 0) is 40.5 Å². The fraction of sp³-hybridized carbons (Fsp3) is 0.520. The summed E-state index contributed by atoms with van der Waals surface area (Å²) in [5.41, 5.74) is 0.811. The van der Waals surface area contributed by atoms with Gasteiger partial charge in [-0.2, -0.15) is 0 Å². The molecule has 5 atom stereocenters. The highest BCUT2D eigenvalue weighted by molar-refractivity contribution is 7.07. The smallest absolute Gasteiger partial charge is 0.345 e. The number of fused-ring (bicyclic) bond motifs is 1. The van der Waals surface area contributed by atoms with Crippen LogP contribution in [0, 0.1) is 17.8 Å². The number of hydrogen-bond acceptors (Lipinski definition) is 8. The zero-order chi connectivity index (χ0) is 23.7. The first kappa shape index (κ1) is 23.9. The Hall–Kier alpha value is -2.28. The molecule has 1 unspecified atom stereocenters. The molecule has 7 nitrogen and oxygen atoms in total.